The topological polar surface area (TPSA) is 21.3 Å². The van der Waals surface area contributed by atoms with Gasteiger partial charge < -0.3 is 10.1 Å². The smallest absolute Gasteiger partial charge is 0.139 e. The Morgan fingerprint density at radius 1 is 1.29 bits per heavy atom. The molecule has 2 aromatic carbocycles. The summed E-state index contributed by atoms with van der Waals surface area (Å²) in [5.74, 6) is 0.982. The van der Waals surface area contributed by atoms with E-state index in [9.17, 15) is 0 Å². The standard InChI is InChI=1S/C14H14BrNO/c1-8-13(16-2)11-7-9-5-3-4-6-10(9)12(15)14(11)17-8/h3-8,13,16H,1-2H3. The Bertz CT molecular complexity index is 582. The molecule has 0 saturated heterocycles. The number of nitrogens with one attached hydrogen (secondary N) is 1. The highest BCUT2D eigenvalue weighted by atomic mass is 79.9. The monoisotopic (exact) mass is 291 g/mol. The Labute approximate surface area is 109 Å². The first-order chi connectivity index (χ1) is 8.22. The molecule has 0 saturated carbocycles. The molecule has 2 atom stereocenters. The number of halogens is 1. The number of benzene rings is 2. The van der Waals surface area contributed by atoms with Crippen LogP contribution in [0.1, 0.15) is 18.5 Å². The molecule has 0 aliphatic carbocycles. The van der Waals surface area contributed by atoms with E-state index in [1.807, 2.05) is 13.1 Å². The van der Waals surface area contributed by atoms with Gasteiger partial charge in [-0.05, 0) is 46.7 Å². The van der Waals surface area contributed by atoms with E-state index in [1.54, 1.807) is 0 Å². The van der Waals surface area contributed by atoms with Crippen molar-refractivity contribution < 1.29 is 4.74 Å². The summed E-state index contributed by atoms with van der Waals surface area (Å²) in [6.45, 7) is 2.10. The van der Waals surface area contributed by atoms with E-state index < -0.39 is 0 Å². The number of ether oxygens (including phenoxy) is 1. The summed E-state index contributed by atoms with van der Waals surface area (Å²) >= 11 is 3.66. The predicted molar refractivity (Wildman–Crippen MR) is 73.5 cm³/mol. The van der Waals surface area contributed by atoms with Crippen LogP contribution in [0.4, 0.5) is 0 Å². The molecule has 0 fully saturated rings. The maximum absolute atomic E-state index is 5.94. The first-order valence-electron chi connectivity index (χ1n) is 5.77. The van der Waals surface area contributed by atoms with Crippen LogP contribution in [-0.4, -0.2) is 13.2 Å². The number of hydrogen-bond acceptors (Lipinski definition) is 2. The molecule has 3 heteroatoms. The average Bonchev–Trinajstić information content (AvgIpc) is 2.66. The van der Waals surface area contributed by atoms with E-state index in [2.05, 4.69) is 52.4 Å². The van der Waals surface area contributed by atoms with Crippen molar-refractivity contribution in [3.05, 3.63) is 40.4 Å². The summed E-state index contributed by atoms with van der Waals surface area (Å²) in [5, 5.41) is 5.77. The number of hydrogen-bond donors (Lipinski definition) is 1. The molecule has 0 aromatic heterocycles. The van der Waals surface area contributed by atoms with E-state index in [1.165, 1.54) is 16.3 Å². The van der Waals surface area contributed by atoms with Crippen molar-refractivity contribution in [3.8, 4) is 5.75 Å². The SMILES string of the molecule is CNC1c2cc3ccccc3c(Br)c2OC1C. The molecule has 2 nitrogen and oxygen atoms in total. The third-order valence-electron chi connectivity index (χ3n) is 3.39. The molecule has 0 amide bonds. The molecule has 1 aliphatic heterocycles. The molecule has 0 bridgehead atoms. The summed E-state index contributed by atoms with van der Waals surface area (Å²) in [6.07, 6.45) is 0.170. The Morgan fingerprint density at radius 2 is 2.06 bits per heavy atom. The third kappa shape index (κ3) is 1.57. The highest BCUT2D eigenvalue weighted by molar-refractivity contribution is 9.10. The van der Waals surface area contributed by atoms with E-state index in [4.69, 9.17) is 4.74 Å². The van der Waals surface area contributed by atoms with Crippen LogP contribution in [0.3, 0.4) is 0 Å². The van der Waals surface area contributed by atoms with Crippen molar-refractivity contribution in [3.63, 3.8) is 0 Å². The van der Waals surface area contributed by atoms with Gasteiger partial charge in [-0.2, -0.15) is 0 Å². The van der Waals surface area contributed by atoms with Crippen LogP contribution >= 0.6 is 15.9 Å². The first-order valence-corrected chi connectivity index (χ1v) is 6.56. The quantitative estimate of drug-likeness (QED) is 0.866. The minimum atomic E-state index is 0.170. The minimum Gasteiger partial charge on any atom is -0.487 e. The summed E-state index contributed by atoms with van der Waals surface area (Å²) in [5.41, 5.74) is 1.24. The van der Waals surface area contributed by atoms with Gasteiger partial charge in [-0.3, -0.25) is 0 Å². The van der Waals surface area contributed by atoms with Crippen LogP contribution in [0.5, 0.6) is 5.75 Å². The molecule has 2 unspecified atom stereocenters. The summed E-state index contributed by atoms with van der Waals surface area (Å²) in [6, 6.07) is 10.9. The molecule has 0 spiro atoms. The van der Waals surface area contributed by atoms with Gasteiger partial charge in [-0.25, -0.2) is 0 Å². The van der Waals surface area contributed by atoms with Crippen molar-refractivity contribution >= 4 is 26.7 Å². The van der Waals surface area contributed by atoms with E-state index in [0.717, 1.165) is 10.2 Å². The molecular weight excluding hydrogens is 278 g/mol. The normalized spacial score (nSPS) is 22.5. The summed E-state index contributed by atoms with van der Waals surface area (Å²) in [4.78, 5) is 0. The molecule has 1 N–H and O–H groups in total. The van der Waals surface area contributed by atoms with E-state index >= 15 is 0 Å². The molecule has 1 aliphatic rings. The predicted octanol–water partition coefficient (Wildman–Crippen LogP) is 3.64. The number of likely N-dealkylation sites (N-methyl/N-ethyl adjacent to an activating group) is 1. The third-order valence-corrected chi connectivity index (χ3v) is 4.18. The highest BCUT2D eigenvalue weighted by Gasteiger charge is 2.32. The van der Waals surface area contributed by atoms with Crippen LogP contribution in [0.15, 0.2) is 34.8 Å². The van der Waals surface area contributed by atoms with Gasteiger partial charge in [0.2, 0.25) is 0 Å². The van der Waals surface area contributed by atoms with Crippen LogP contribution in [0, 0.1) is 0 Å². The van der Waals surface area contributed by atoms with Gasteiger partial charge >= 0.3 is 0 Å². The number of fused-ring (bicyclic) bond motifs is 2. The molecule has 1 heterocycles. The lowest BCUT2D eigenvalue weighted by molar-refractivity contribution is 0.213. The Hall–Kier alpha value is -1.06. The fourth-order valence-electron chi connectivity index (χ4n) is 2.55. The molecule has 2 aromatic rings. The van der Waals surface area contributed by atoms with E-state index in [0.29, 0.717) is 0 Å². The zero-order chi connectivity index (χ0) is 12.0. The molecule has 3 rings (SSSR count). The van der Waals surface area contributed by atoms with E-state index in [-0.39, 0.29) is 12.1 Å². The Kier molecular flexibility index (Phi) is 2.60. The van der Waals surface area contributed by atoms with Gasteiger partial charge in [0.05, 0.1) is 10.5 Å². The van der Waals surface area contributed by atoms with Gasteiger partial charge in [0.15, 0.2) is 0 Å². The lowest BCUT2D eigenvalue weighted by atomic mass is 10.0. The van der Waals surface area contributed by atoms with Crippen molar-refractivity contribution in [2.45, 2.75) is 19.1 Å². The average molecular weight is 292 g/mol. The second-order valence-corrected chi connectivity index (χ2v) is 5.21. The maximum Gasteiger partial charge on any atom is 0.139 e. The van der Waals surface area contributed by atoms with Crippen LogP contribution in [0.25, 0.3) is 10.8 Å². The van der Waals surface area contributed by atoms with Crippen molar-refractivity contribution in [2.75, 3.05) is 7.05 Å². The fourth-order valence-corrected chi connectivity index (χ4v) is 3.24. The maximum atomic E-state index is 5.94. The largest absolute Gasteiger partial charge is 0.487 e. The molecule has 0 radical (unpaired) electrons. The zero-order valence-electron chi connectivity index (χ0n) is 9.83. The van der Waals surface area contributed by atoms with Crippen molar-refractivity contribution in [1.29, 1.82) is 0 Å². The van der Waals surface area contributed by atoms with Crippen LogP contribution < -0.4 is 10.1 Å². The van der Waals surface area contributed by atoms with Crippen LogP contribution in [0.2, 0.25) is 0 Å². The fraction of sp³-hybridized carbons (Fsp3) is 0.286. The van der Waals surface area contributed by atoms with Gasteiger partial charge in [0.25, 0.3) is 0 Å². The minimum absolute atomic E-state index is 0.170. The highest BCUT2D eigenvalue weighted by Crippen LogP contribution is 2.45. The number of rotatable bonds is 1. The van der Waals surface area contributed by atoms with Crippen molar-refractivity contribution in [2.24, 2.45) is 0 Å². The van der Waals surface area contributed by atoms with Crippen molar-refractivity contribution in [1.82, 2.24) is 5.32 Å². The Morgan fingerprint density at radius 3 is 2.82 bits per heavy atom. The molecule has 17 heavy (non-hydrogen) atoms. The van der Waals surface area contributed by atoms with Gasteiger partial charge in [-0.15, -0.1) is 0 Å². The second-order valence-electron chi connectivity index (χ2n) is 4.42. The summed E-state index contributed by atoms with van der Waals surface area (Å²) in [7, 11) is 1.97. The van der Waals surface area contributed by atoms with Gasteiger partial charge in [0.1, 0.15) is 11.9 Å². The second kappa shape index (κ2) is 4.00. The summed E-state index contributed by atoms with van der Waals surface area (Å²) < 4.78 is 7.00. The molecular formula is C14H14BrNO. The van der Waals surface area contributed by atoms with Gasteiger partial charge in [0, 0.05) is 5.56 Å². The van der Waals surface area contributed by atoms with Crippen LogP contribution in [-0.2, 0) is 0 Å². The lowest BCUT2D eigenvalue weighted by Gasteiger charge is -2.12. The lowest BCUT2D eigenvalue weighted by Crippen LogP contribution is -2.25. The zero-order valence-corrected chi connectivity index (χ0v) is 11.4. The molecule has 88 valence electrons. The van der Waals surface area contributed by atoms with Gasteiger partial charge in [-0.1, -0.05) is 24.3 Å². The first kappa shape index (κ1) is 11.1. The Balaban J connectivity index is 2.30.